The summed E-state index contributed by atoms with van der Waals surface area (Å²) in [6, 6.07) is 5.61. The normalized spacial score (nSPS) is 16.2. The maximum Gasteiger partial charge on any atom is 0.306 e. The molecule has 0 radical (unpaired) electrons. The smallest absolute Gasteiger partial charge is 0.306 e. The monoisotopic (exact) mass is 300 g/mol. The van der Waals surface area contributed by atoms with Crippen molar-refractivity contribution in [1.82, 2.24) is 0 Å². The van der Waals surface area contributed by atoms with Crippen molar-refractivity contribution in [1.29, 1.82) is 0 Å². The minimum absolute atomic E-state index is 0.0635. The standard InChI is InChI=1S/C14H17ClO3S/c1-18-13(17)7-14(5-6-14)9-19-12-4-2-3-11(15)10(12)8-16/h2-4,16H,5-9H2,1H3. The molecule has 0 unspecified atom stereocenters. The van der Waals surface area contributed by atoms with Gasteiger partial charge in [-0.05, 0) is 30.4 Å². The number of aliphatic hydroxyl groups excluding tert-OH is 1. The molecule has 0 heterocycles. The lowest BCUT2D eigenvalue weighted by atomic mass is 10.1. The van der Waals surface area contributed by atoms with Crippen LogP contribution in [0.5, 0.6) is 0 Å². The van der Waals surface area contributed by atoms with Gasteiger partial charge < -0.3 is 9.84 Å². The molecule has 3 nitrogen and oxygen atoms in total. The number of hydrogen-bond donors (Lipinski definition) is 1. The van der Waals surface area contributed by atoms with Gasteiger partial charge in [0.15, 0.2) is 0 Å². The Morgan fingerprint density at radius 1 is 1.53 bits per heavy atom. The number of carbonyl (C=O) groups excluding carboxylic acids is 1. The van der Waals surface area contributed by atoms with Gasteiger partial charge in [-0.2, -0.15) is 0 Å². The Balaban J connectivity index is 1.99. The third kappa shape index (κ3) is 3.65. The molecule has 0 aliphatic heterocycles. The van der Waals surface area contributed by atoms with Crippen LogP contribution in [-0.4, -0.2) is 23.9 Å². The van der Waals surface area contributed by atoms with Crippen LogP contribution in [0.3, 0.4) is 0 Å². The van der Waals surface area contributed by atoms with Gasteiger partial charge in [-0.25, -0.2) is 0 Å². The Hall–Kier alpha value is -0.710. The number of carbonyl (C=O) groups is 1. The second-order valence-electron chi connectivity index (χ2n) is 4.92. The minimum Gasteiger partial charge on any atom is -0.469 e. The molecule has 1 N–H and O–H groups in total. The number of rotatable bonds is 6. The highest BCUT2D eigenvalue weighted by Crippen LogP contribution is 2.52. The molecule has 1 saturated carbocycles. The average molecular weight is 301 g/mol. The second kappa shape index (κ2) is 6.16. The van der Waals surface area contributed by atoms with E-state index in [9.17, 15) is 9.90 Å². The average Bonchev–Trinajstić information content (AvgIpc) is 3.16. The van der Waals surface area contributed by atoms with Crippen LogP contribution in [0.25, 0.3) is 0 Å². The van der Waals surface area contributed by atoms with Crippen LogP contribution in [-0.2, 0) is 16.1 Å². The maximum atomic E-state index is 11.4. The summed E-state index contributed by atoms with van der Waals surface area (Å²) in [4.78, 5) is 12.4. The highest BCUT2D eigenvalue weighted by Gasteiger charge is 2.44. The lowest BCUT2D eigenvalue weighted by Gasteiger charge is -2.15. The Bertz CT molecular complexity index is 472. The van der Waals surface area contributed by atoms with Crippen molar-refractivity contribution in [2.75, 3.05) is 12.9 Å². The summed E-state index contributed by atoms with van der Waals surface area (Å²) in [7, 11) is 1.42. The molecule has 0 atom stereocenters. The second-order valence-corrected chi connectivity index (χ2v) is 6.34. The molecule has 1 aliphatic carbocycles. The van der Waals surface area contributed by atoms with E-state index in [-0.39, 0.29) is 18.0 Å². The number of ether oxygens (including phenoxy) is 1. The third-order valence-corrected chi connectivity index (χ3v) is 5.28. The maximum absolute atomic E-state index is 11.4. The molecule has 1 aromatic rings. The van der Waals surface area contributed by atoms with Gasteiger partial charge in [-0.3, -0.25) is 4.79 Å². The summed E-state index contributed by atoms with van der Waals surface area (Å²) in [6.07, 6.45) is 2.60. The summed E-state index contributed by atoms with van der Waals surface area (Å²) in [5.74, 6) is 0.710. The molecule has 0 saturated heterocycles. The largest absolute Gasteiger partial charge is 0.469 e. The van der Waals surface area contributed by atoms with Gasteiger partial charge in [0.1, 0.15) is 0 Å². The van der Waals surface area contributed by atoms with Gasteiger partial charge in [0.05, 0.1) is 20.1 Å². The van der Waals surface area contributed by atoms with Gasteiger partial charge in [-0.15, -0.1) is 11.8 Å². The Kier molecular flexibility index (Phi) is 4.76. The minimum atomic E-state index is -0.147. The molecule has 0 aromatic heterocycles. The lowest BCUT2D eigenvalue weighted by Crippen LogP contribution is -2.13. The molecule has 5 heteroatoms. The van der Waals surface area contributed by atoms with Gasteiger partial charge in [-0.1, -0.05) is 17.7 Å². The van der Waals surface area contributed by atoms with Crippen LogP contribution < -0.4 is 0 Å². The van der Waals surface area contributed by atoms with E-state index in [4.69, 9.17) is 16.3 Å². The molecule has 1 aliphatic rings. The molecule has 0 amide bonds. The van der Waals surface area contributed by atoms with Crippen molar-refractivity contribution in [3.8, 4) is 0 Å². The Morgan fingerprint density at radius 3 is 2.84 bits per heavy atom. The lowest BCUT2D eigenvalue weighted by molar-refractivity contribution is -0.141. The summed E-state index contributed by atoms with van der Waals surface area (Å²) in [5.41, 5.74) is 0.843. The van der Waals surface area contributed by atoms with Gasteiger partial charge in [0.25, 0.3) is 0 Å². The fourth-order valence-corrected chi connectivity index (χ4v) is 3.65. The number of benzene rings is 1. The van der Waals surface area contributed by atoms with Crippen molar-refractivity contribution < 1.29 is 14.6 Å². The first kappa shape index (κ1) is 14.7. The molecule has 2 rings (SSSR count). The van der Waals surface area contributed by atoms with Gasteiger partial charge in [0.2, 0.25) is 0 Å². The fourth-order valence-electron chi connectivity index (χ4n) is 1.99. The summed E-state index contributed by atoms with van der Waals surface area (Å²) >= 11 is 7.71. The van der Waals surface area contributed by atoms with Crippen LogP contribution in [0.2, 0.25) is 5.02 Å². The topological polar surface area (TPSA) is 46.5 Å². The number of thioether (sulfide) groups is 1. The predicted octanol–water partition coefficient (Wildman–Crippen LogP) is 3.27. The summed E-state index contributed by atoms with van der Waals surface area (Å²) in [6.45, 7) is -0.0635. The van der Waals surface area contributed by atoms with E-state index in [1.807, 2.05) is 12.1 Å². The Labute approximate surface area is 122 Å². The molecule has 1 aromatic carbocycles. The highest BCUT2D eigenvalue weighted by atomic mass is 35.5. The van der Waals surface area contributed by atoms with Crippen molar-refractivity contribution in [3.63, 3.8) is 0 Å². The van der Waals surface area contributed by atoms with E-state index in [2.05, 4.69) is 0 Å². The van der Waals surface area contributed by atoms with E-state index in [1.54, 1.807) is 17.8 Å². The van der Waals surface area contributed by atoms with Gasteiger partial charge in [0, 0.05) is 21.2 Å². The third-order valence-electron chi connectivity index (χ3n) is 3.47. The van der Waals surface area contributed by atoms with E-state index in [1.165, 1.54) is 7.11 Å². The first-order valence-electron chi connectivity index (χ1n) is 6.18. The first-order chi connectivity index (χ1) is 9.10. The molecular formula is C14H17ClO3S. The number of esters is 1. The van der Waals surface area contributed by atoms with Crippen LogP contribution in [0.4, 0.5) is 0 Å². The number of halogens is 1. The molecule has 0 bridgehead atoms. The zero-order valence-electron chi connectivity index (χ0n) is 10.8. The van der Waals surface area contributed by atoms with Crippen LogP contribution in [0.1, 0.15) is 24.8 Å². The van der Waals surface area contributed by atoms with Crippen LogP contribution in [0.15, 0.2) is 23.1 Å². The summed E-state index contributed by atoms with van der Waals surface area (Å²) in [5, 5.41) is 9.94. The van der Waals surface area contributed by atoms with Crippen molar-refractivity contribution in [2.24, 2.45) is 5.41 Å². The van der Waals surface area contributed by atoms with E-state index in [0.717, 1.165) is 29.1 Å². The Morgan fingerprint density at radius 2 is 2.26 bits per heavy atom. The zero-order valence-corrected chi connectivity index (χ0v) is 12.4. The summed E-state index contributed by atoms with van der Waals surface area (Å²) < 4.78 is 4.73. The molecule has 104 valence electrons. The van der Waals surface area contributed by atoms with Gasteiger partial charge >= 0.3 is 5.97 Å². The van der Waals surface area contributed by atoms with Crippen molar-refractivity contribution in [3.05, 3.63) is 28.8 Å². The van der Waals surface area contributed by atoms with Crippen LogP contribution >= 0.6 is 23.4 Å². The van der Waals surface area contributed by atoms with E-state index in [0.29, 0.717) is 11.4 Å². The van der Waals surface area contributed by atoms with Crippen molar-refractivity contribution >= 4 is 29.3 Å². The SMILES string of the molecule is COC(=O)CC1(CSc2cccc(Cl)c2CO)CC1. The number of methoxy groups -OCH3 is 1. The fraction of sp³-hybridized carbons (Fsp3) is 0.500. The molecule has 1 fully saturated rings. The molecule has 19 heavy (non-hydrogen) atoms. The van der Waals surface area contributed by atoms with Crippen LogP contribution in [0, 0.1) is 5.41 Å². The molecular weight excluding hydrogens is 284 g/mol. The molecule has 0 spiro atoms. The zero-order chi connectivity index (χ0) is 13.9. The highest BCUT2D eigenvalue weighted by molar-refractivity contribution is 7.99. The van der Waals surface area contributed by atoms with E-state index < -0.39 is 0 Å². The number of hydrogen-bond acceptors (Lipinski definition) is 4. The number of aliphatic hydroxyl groups is 1. The quantitative estimate of drug-likeness (QED) is 0.647. The first-order valence-corrected chi connectivity index (χ1v) is 7.54. The van der Waals surface area contributed by atoms with Crippen molar-refractivity contribution in [2.45, 2.75) is 30.8 Å². The van der Waals surface area contributed by atoms with E-state index >= 15 is 0 Å². The predicted molar refractivity (Wildman–Crippen MR) is 76.4 cm³/mol.